The topological polar surface area (TPSA) is 350 Å². The fraction of sp³-hybridized carbons (Fsp3) is 0.106. The second kappa shape index (κ2) is 41.5. The molecule has 6 aromatic heterocycles. The lowest BCUT2D eigenvalue weighted by molar-refractivity contribution is 0.380. The van der Waals surface area contributed by atoms with E-state index in [4.69, 9.17) is 81.7 Å². The number of aromatic amines is 2. The van der Waals surface area contributed by atoms with Gasteiger partial charge in [0.05, 0.1) is 69.0 Å². The van der Waals surface area contributed by atoms with Crippen LogP contribution in [0.25, 0.3) is 88.0 Å². The Balaban J connectivity index is 0.000000155. The second-order valence-corrected chi connectivity index (χ2v) is 36.4. The number of aromatic nitrogens is 6. The standard InChI is InChI=1S/C33H25ClFN3O6S.C27H20ClFN2O5S.C20H16BrN3O5S.C13H10BClFO3.CH4/c1-42-23-8-6-20(7-9-23)19-38(32-12-13-44-37-32)45(40,41)24-10-11-25-28(15-24)33(39)36-18-29(25)27-16-30(35)26(17-31(27)43-2)21-4-3-5-22(34)14-21;1-31-14-24(22-12-25(29)21(13-26(22)35-2)16-4-3-5-17(28)10-16)20-7-6-19(11-23(20)27(31)32)37(33,34)15-18-8-9-36-30-18;1-28-14-4-2-13(3-5-14)12-24(19-8-9-29-23-19)30(26,27)15-6-7-16-17(10-15)20(25)22-11-18(16)21;1-18-12-6-10(8-3-2-4-9(15)5-8)11(16)7-13(12)19-14-17;/h3-18H,19H2,1-2H3,(H,36,39);3-14H,15H2,1-2H3;2-11H,12H2,1H3,(H,22,25);2-7,17H,1H3;1H4. The minimum Gasteiger partial charge on any atom is -0.535 e. The highest BCUT2D eigenvalue weighted by Crippen LogP contribution is 2.44. The van der Waals surface area contributed by atoms with Crippen LogP contribution in [0.3, 0.4) is 0 Å². The number of H-pyrrole nitrogens is 2. The molecule has 6 heterocycles. The average Bonchev–Trinajstić information content (AvgIpc) is 0.812. The van der Waals surface area contributed by atoms with Gasteiger partial charge in [0, 0.05) is 130 Å². The number of sulfonamides is 2. The van der Waals surface area contributed by atoms with Crippen molar-refractivity contribution >= 4 is 132 Å². The summed E-state index contributed by atoms with van der Waals surface area (Å²) in [6.07, 6.45) is 8.40. The van der Waals surface area contributed by atoms with E-state index in [-0.39, 0.29) is 91.3 Å². The summed E-state index contributed by atoms with van der Waals surface area (Å²) in [5.74, 6) is 0.674. The van der Waals surface area contributed by atoms with Crippen LogP contribution in [0.2, 0.25) is 15.1 Å². The summed E-state index contributed by atoms with van der Waals surface area (Å²) in [6.45, 7) is -0.0471. The molecule has 27 nitrogen and oxygen atoms in total. The normalized spacial score (nSPS) is 11.3. The number of methoxy groups -OCH3 is 5. The molecule has 0 aliphatic rings. The molecular weight excluding hydrogens is 1900 g/mol. The van der Waals surface area contributed by atoms with Gasteiger partial charge in [-0.05, 0) is 182 Å². The first-order chi connectivity index (χ1) is 62.9. The molecule has 17 rings (SSSR count). The zero-order valence-electron chi connectivity index (χ0n) is 69.5. The third-order valence-electron chi connectivity index (χ3n) is 20.5. The molecule has 0 atom stereocenters. The van der Waals surface area contributed by atoms with Gasteiger partial charge in [-0.15, -0.1) is 0 Å². The summed E-state index contributed by atoms with van der Waals surface area (Å²) < 4.78 is 176. The SMILES string of the molecule is C.COc1cc(-c2cccc(Cl)c2)c(F)cc1-c1cn(C)c(=O)c2cc(S(=O)(=O)Cc3ccon3)ccc12.COc1cc(-c2cccc(Cl)c2)c(F)cc1O[B]O.COc1ccc(CN(c2ccon2)S(=O)(=O)c2ccc3c(-c4cc(F)c(-c5cccc(Cl)c5)cc4OC)c[nH]c(=O)c3c2)cc1.COc1ccc(CN(c2ccon2)S(=O)(=O)c2ccc3c(Br)c[nH]c(=O)c3c2)cc1. The Morgan fingerprint density at radius 2 is 0.856 bits per heavy atom. The van der Waals surface area contributed by atoms with Crippen LogP contribution >= 0.6 is 50.7 Å². The van der Waals surface area contributed by atoms with Crippen molar-refractivity contribution in [2.75, 3.05) is 44.2 Å². The number of rotatable bonds is 25. The van der Waals surface area contributed by atoms with Gasteiger partial charge in [-0.1, -0.05) is 137 Å². The predicted octanol–water partition coefficient (Wildman–Crippen LogP) is 20.1. The maximum absolute atomic E-state index is 15.5. The van der Waals surface area contributed by atoms with Crippen molar-refractivity contribution in [3.05, 3.63) is 353 Å². The van der Waals surface area contributed by atoms with E-state index in [2.05, 4.69) is 41.4 Å². The summed E-state index contributed by atoms with van der Waals surface area (Å²) in [6, 6.07) is 60.1. The van der Waals surface area contributed by atoms with Gasteiger partial charge in [-0.3, -0.25) is 14.4 Å². The summed E-state index contributed by atoms with van der Waals surface area (Å²) in [7, 11) is -2.64. The molecule has 0 saturated heterocycles. The van der Waals surface area contributed by atoms with Gasteiger partial charge in [0.1, 0.15) is 70.7 Å². The number of benzene rings is 11. The molecule has 17 aromatic rings. The Hall–Kier alpha value is -13.9. The number of ether oxygens (including phenoxy) is 5. The molecule has 0 aliphatic carbocycles. The van der Waals surface area contributed by atoms with Gasteiger partial charge in [-0.25, -0.2) is 47.0 Å². The molecule has 3 N–H and O–H groups in total. The van der Waals surface area contributed by atoms with E-state index in [9.17, 15) is 44.0 Å². The van der Waals surface area contributed by atoms with Crippen LogP contribution in [0.4, 0.5) is 24.8 Å². The van der Waals surface area contributed by atoms with Crippen LogP contribution in [0, 0.1) is 17.5 Å². The van der Waals surface area contributed by atoms with Crippen molar-refractivity contribution in [1.29, 1.82) is 0 Å². The van der Waals surface area contributed by atoms with Crippen LogP contribution in [0.15, 0.2) is 315 Å². The highest BCUT2D eigenvalue weighted by molar-refractivity contribution is 9.10. The summed E-state index contributed by atoms with van der Waals surface area (Å²) in [5.41, 5.74) is 4.76. The molecule has 0 amide bonds. The molecule has 0 saturated carbocycles. The van der Waals surface area contributed by atoms with Crippen LogP contribution in [0.5, 0.6) is 34.5 Å². The minimum absolute atomic E-state index is 0. The quantitative estimate of drug-likeness (QED) is 0.0447. The third-order valence-corrected chi connectivity index (χ3v) is 27.0. The molecule has 38 heteroatoms. The van der Waals surface area contributed by atoms with Gasteiger partial charge in [-0.2, -0.15) is 0 Å². The van der Waals surface area contributed by atoms with Gasteiger partial charge in [0.25, 0.3) is 36.7 Å². The van der Waals surface area contributed by atoms with Crippen LogP contribution in [-0.2, 0) is 55.8 Å². The molecule has 132 heavy (non-hydrogen) atoms. The zero-order chi connectivity index (χ0) is 93.2. The van der Waals surface area contributed by atoms with E-state index >= 15 is 8.78 Å². The predicted molar refractivity (Wildman–Crippen MR) is 503 cm³/mol. The molecule has 0 spiro atoms. The number of sulfone groups is 1. The Morgan fingerprint density at radius 3 is 1.30 bits per heavy atom. The molecule has 675 valence electrons. The van der Waals surface area contributed by atoms with E-state index in [1.165, 1.54) is 143 Å². The molecule has 0 aliphatic heterocycles. The molecular formula is C94H75BBrCl3F3N8O19S3. The van der Waals surface area contributed by atoms with E-state index in [1.807, 2.05) is 0 Å². The maximum Gasteiger partial charge on any atom is 0.569 e. The summed E-state index contributed by atoms with van der Waals surface area (Å²) >= 11 is 21.5. The average molecular weight is 1970 g/mol. The fourth-order valence-corrected chi connectivity index (χ4v) is 19.2. The number of anilines is 2. The number of aryl methyl sites for hydroxylation is 1. The monoisotopic (exact) mass is 1970 g/mol. The molecule has 0 bridgehead atoms. The van der Waals surface area contributed by atoms with Crippen molar-refractivity contribution in [1.82, 2.24) is 30.0 Å². The lowest BCUT2D eigenvalue weighted by Crippen LogP contribution is -2.31. The van der Waals surface area contributed by atoms with Crippen LogP contribution in [0.1, 0.15) is 24.2 Å². The van der Waals surface area contributed by atoms with Crippen LogP contribution in [-0.4, -0.2) is 104 Å². The first-order valence-electron chi connectivity index (χ1n) is 38.8. The lowest BCUT2D eigenvalue weighted by atomic mass is 9.96. The highest BCUT2D eigenvalue weighted by Gasteiger charge is 2.32. The first-order valence-corrected chi connectivity index (χ1v) is 45.3. The third kappa shape index (κ3) is 21.1. The largest absolute Gasteiger partial charge is 0.569 e. The maximum atomic E-state index is 15.5. The van der Waals surface area contributed by atoms with E-state index in [0.717, 1.165) is 20.2 Å². The molecule has 11 aromatic carbocycles. The first kappa shape index (κ1) is 95.7. The highest BCUT2D eigenvalue weighted by atomic mass is 79.9. The van der Waals surface area contributed by atoms with Gasteiger partial charge in [0.15, 0.2) is 27.2 Å². The Labute approximate surface area is 777 Å². The molecule has 0 fully saturated rings. The number of hydrogen-bond donors (Lipinski definition) is 3. The van der Waals surface area contributed by atoms with E-state index in [0.29, 0.717) is 128 Å². The van der Waals surface area contributed by atoms with Crippen LogP contribution < -0.4 is 53.6 Å². The molecule has 1 radical (unpaired) electrons. The van der Waals surface area contributed by atoms with Gasteiger partial charge >= 0.3 is 7.69 Å². The Morgan fingerprint density at radius 1 is 0.439 bits per heavy atom. The summed E-state index contributed by atoms with van der Waals surface area (Å²) in [5, 5.41) is 23.3. The number of halogens is 7. The Bertz CT molecular complexity index is 7670. The molecule has 0 unspecified atom stereocenters. The number of fused-ring (bicyclic) bond motifs is 3. The fourth-order valence-electron chi connectivity index (χ4n) is 14.1. The van der Waals surface area contributed by atoms with Gasteiger partial charge in [0.2, 0.25) is 0 Å². The second-order valence-electron chi connectivity index (χ2n) is 28.6. The van der Waals surface area contributed by atoms with E-state index in [1.54, 1.807) is 166 Å². The smallest absolute Gasteiger partial charge is 0.535 e. The van der Waals surface area contributed by atoms with Gasteiger partial charge < -0.3 is 61.5 Å². The summed E-state index contributed by atoms with van der Waals surface area (Å²) in [4.78, 5) is 43.3. The number of nitrogens with one attached hydrogen (secondary N) is 2. The van der Waals surface area contributed by atoms with Crippen molar-refractivity contribution < 1.29 is 85.4 Å². The van der Waals surface area contributed by atoms with Crippen molar-refractivity contribution in [3.63, 3.8) is 0 Å². The van der Waals surface area contributed by atoms with Crippen molar-refractivity contribution in [3.8, 4) is 90.1 Å². The number of pyridine rings is 3. The number of nitrogens with zero attached hydrogens (tertiary/aromatic N) is 6. The van der Waals surface area contributed by atoms with Crippen molar-refractivity contribution in [2.45, 2.75) is 41.0 Å². The zero-order valence-corrected chi connectivity index (χ0v) is 75.8. The van der Waals surface area contributed by atoms with Crippen molar-refractivity contribution in [2.24, 2.45) is 7.05 Å². The lowest BCUT2D eigenvalue weighted by Gasteiger charge is -2.22. The minimum atomic E-state index is -4.25. The van der Waals surface area contributed by atoms with E-state index < -0.39 is 58.5 Å². The number of hydrogen-bond acceptors (Lipinski definition) is 22. The Kier molecular flexibility index (Phi) is 30.1.